The van der Waals surface area contributed by atoms with Gasteiger partial charge in [-0.3, -0.25) is 4.98 Å². The van der Waals surface area contributed by atoms with Crippen LogP contribution in [0.4, 0.5) is 5.69 Å². The van der Waals surface area contributed by atoms with Crippen molar-refractivity contribution in [1.29, 1.82) is 0 Å². The van der Waals surface area contributed by atoms with Crippen LogP contribution in [0.1, 0.15) is 0 Å². The monoisotopic (exact) mass is 264 g/mol. The maximum Gasteiger partial charge on any atom is 0.128 e. The van der Waals surface area contributed by atoms with Gasteiger partial charge < -0.3 is 10.1 Å². The van der Waals surface area contributed by atoms with Gasteiger partial charge in [-0.25, -0.2) is 0 Å². The number of hydrogen-bond donors (Lipinski definition) is 1. The van der Waals surface area contributed by atoms with Gasteiger partial charge in [-0.1, -0.05) is 24.3 Å². The highest BCUT2D eigenvalue weighted by molar-refractivity contribution is 5.84. The molecule has 100 valence electrons. The molecule has 0 amide bonds. The topological polar surface area (TPSA) is 34.1 Å². The zero-order valence-corrected chi connectivity index (χ0v) is 11.1. The van der Waals surface area contributed by atoms with Crippen LogP contribution in [0.5, 0.6) is 5.75 Å². The predicted molar refractivity (Wildman–Crippen MR) is 82.2 cm³/mol. The Labute approximate surface area is 118 Å². The van der Waals surface area contributed by atoms with Crippen LogP contribution in [-0.2, 0) is 0 Å². The number of hydrogen-bond acceptors (Lipinski definition) is 3. The van der Waals surface area contributed by atoms with Gasteiger partial charge >= 0.3 is 0 Å². The molecule has 1 N–H and O–H groups in total. The lowest BCUT2D eigenvalue weighted by molar-refractivity contribution is 0.337. The van der Waals surface area contributed by atoms with Crippen LogP contribution in [0.2, 0.25) is 0 Å². The van der Waals surface area contributed by atoms with E-state index < -0.39 is 0 Å². The van der Waals surface area contributed by atoms with Crippen molar-refractivity contribution >= 4 is 16.6 Å². The number of rotatable bonds is 5. The summed E-state index contributed by atoms with van der Waals surface area (Å²) in [7, 11) is 0. The number of nitrogens with one attached hydrogen (secondary N) is 1. The summed E-state index contributed by atoms with van der Waals surface area (Å²) < 4.78 is 5.84. The Morgan fingerprint density at radius 3 is 2.70 bits per heavy atom. The quantitative estimate of drug-likeness (QED) is 0.713. The Kier molecular flexibility index (Phi) is 3.78. The highest BCUT2D eigenvalue weighted by Gasteiger charge is 2.01. The minimum atomic E-state index is 0.614. The lowest BCUT2D eigenvalue weighted by Crippen LogP contribution is -2.11. The van der Waals surface area contributed by atoms with E-state index in [1.54, 1.807) is 6.20 Å². The number of benzene rings is 2. The maximum absolute atomic E-state index is 5.84. The van der Waals surface area contributed by atoms with Gasteiger partial charge in [0.15, 0.2) is 0 Å². The van der Waals surface area contributed by atoms with E-state index in [9.17, 15) is 0 Å². The predicted octanol–water partition coefficient (Wildman–Crippen LogP) is 3.73. The molecule has 0 aliphatic carbocycles. The molecule has 1 heterocycles. The number of anilines is 1. The van der Waals surface area contributed by atoms with Crippen LogP contribution in [0.3, 0.4) is 0 Å². The molecular weight excluding hydrogens is 248 g/mol. The van der Waals surface area contributed by atoms with Gasteiger partial charge in [0.25, 0.3) is 0 Å². The van der Waals surface area contributed by atoms with Crippen molar-refractivity contribution in [2.24, 2.45) is 0 Å². The summed E-state index contributed by atoms with van der Waals surface area (Å²) in [5.74, 6) is 0.880. The number of para-hydroxylation sites is 1. The summed E-state index contributed by atoms with van der Waals surface area (Å²) in [6, 6.07) is 20.0. The molecule has 0 saturated carbocycles. The highest BCUT2D eigenvalue weighted by Crippen LogP contribution is 2.23. The van der Waals surface area contributed by atoms with E-state index >= 15 is 0 Å². The molecule has 20 heavy (non-hydrogen) atoms. The first-order valence-electron chi connectivity index (χ1n) is 6.69. The molecule has 1 aromatic heterocycles. The van der Waals surface area contributed by atoms with Crippen molar-refractivity contribution in [3.8, 4) is 5.75 Å². The third kappa shape index (κ3) is 2.88. The standard InChI is InChI=1S/C17H16N2O/c1-2-6-14(7-3-1)18-12-13-20-17-10-4-9-16-15(17)8-5-11-19-16/h1-11,18H,12-13H2. The molecule has 0 bridgehead atoms. The van der Waals surface area contributed by atoms with E-state index in [4.69, 9.17) is 4.74 Å². The van der Waals surface area contributed by atoms with Crippen molar-refractivity contribution in [3.05, 3.63) is 66.9 Å². The highest BCUT2D eigenvalue weighted by atomic mass is 16.5. The van der Waals surface area contributed by atoms with Gasteiger partial charge in [0.05, 0.1) is 5.52 Å². The third-order valence-corrected chi connectivity index (χ3v) is 3.07. The first-order valence-corrected chi connectivity index (χ1v) is 6.69. The molecule has 0 aliphatic heterocycles. The molecule has 0 spiro atoms. The molecule has 0 saturated heterocycles. The number of nitrogens with zero attached hydrogens (tertiary/aromatic N) is 1. The fourth-order valence-electron chi connectivity index (χ4n) is 2.11. The fraction of sp³-hybridized carbons (Fsp3) is 0.118. The SMILES string of the molecule is c1ccc(NCCOc2cccc3ncccc23)cc1. The van der Waals surface area contributed by atoms with Gasteiger partial charge in [0.1, 0.15) is 12.4 Å². The molecule has 0 fully saturated rings. The van der Waals surface area contributed by atoms with Gasteiger partial charge in [-0.05, 0) is 36.4 Å². The normalized spacial score (nSPS) is 10.4. The summed E-state index contributed by atoms with van der Waals surface area (Å²) in [6.45, 7) is 1.38. The molecule has 0 radical (unpaired) electrons. The molecule has 3 nitrogen and oxygen atoms in total. The Bertz CT molecular complexity index is 677. The minimum absolute atomic E-state index is 0.614. The second-order valence-corrected chi connectivity index (χ2v) is 4.47. The van der Waals surface area contributed by atoms with E-state index in [0.29, 0.717) is 6.61 Å². The van der Waals surface area contributed by atoms with Crippen LogP contribution in [0.15, 0.2) is 66.9 Å². The second-order valence-electron chi connectivity index (χ2n) is 4.47. The summed E-state index contributed by atoms with van der Waals surface area (Å²) in [4.78, 5) is 4.32. The van der Waals surface area contributed by atoms with Crippen LogP contribution in [-0.4, -0.2) is 18.1 Å². The van der Waals surface area contributed by atoms with Crippen LogP contribution in [0.25, 0.3) is 10.9 Å². The molecule has 3 heteroatoms. The van der Waals surface area contributed by atoms with Crippen molar-refractivity contribution in [3.63, 3.8) is 0 Å². The van der Waals surface area contributed by atoms with Gasteiger partial charge in [-0.2, -0.15) is 0 Å². The van der Waals surface area contributed by atoms with Crippen LogP contribution >= 0.6 is 0 Å². The summed E-state index contributed by atoms with van der Waals surface area (Å²) in [5.41, 5.74) is 2.07. The van der Waals surface area contributed by atoms with E-state index in [1.807, 2.05) is 60.7 Å². The van der Waals surface area contributed by atoms with Crippen LogP contribution in [0, 0.1) is 0 Å². The largest absolute Gasteiger partial charge is 0.491 e. The second kappa shape index (κ2) is 6.06. The van der Waals surface area contributed by atoms with Crippen LogP contribution < -0.4 is 10.1 Å². The van der Waals surface area contributed by atoms with Gasteiger partial charge in [-0.15, -0.1) is 0 Å². The summed E-state index contributed by atoms with van der Waals surface area (Å²) >= 11 is 0. The number of fused-ring (bicyclic) bond motifs is 1. The van der Waals surface area contributed by atoms with E-state index in [-0.39, 0.29) is 0 Å². The van der Waals surface area contributed by atoms with Gasteiger partial charge in [0, 0.05) is 23.8 Å². The third-order valence-electron chi connectivity index (χ3n) is 3.07. The molecule has 3 aromatic rings. The summed E-state index contributed by atoms with van der Waals surface area (Å²) in [6.07, 6.45) is 1.79. The fourth-order valence-corrected chi connectivity index (χ4v) is 2.11. The van der Waals surface area contributed by atoms with Crippen molar-refractivity contribution in [1.82, 2.24) is 4.98 Å². The smallest absolute Gasteiger partial charge is 0.128 e. The van der Waals surface area contributed by atoms with Crippen molar-refractivity contribution in [2.75, 3.05) is 18.5 Å². The number of pyridine rings is 1. The number of ether oxygens (including phenoxy) is 1. The van der Waals surface area contributed by atoms with Crippen molar-refractivity contribution < 1.29 is 4.74 Å². The Morgan fingerprint density at radius 2 is 1.80 bits per heavy atom. The average Bonchev–Trinajstić information content (AvgIpc) is 2.53. The zero-order chi connectivity index (χ0) is 13.6. The van der Waals surface area contributed by atoms with E-state index in [0.717, 1.165) is 28.9 Å². The first-order chi connectivity index (χ1) is 9.93. The Balaban J connectivity index is 1.60. The lowest BCUT2D eigenvalue weighted by Gasteiger charge is -2.10. The first kappa shape index (κ1) is 12.5. The van der Waals surface area contributed by atoms with E-state index in [1.165, 1.54) is 0 Å². The molecule has 0 atom stereocenters. The maximum atomic E-state index is 5.84. The molecule has 3 rings (SSSR count). The molecular formula is C17H16N2O. The Morgan fingerprint density at radius 1 is 0.900 bits per heavy atom. The zero-order valence-electron chi connectivity index (χ0n) is 11.1. The van der Waals surface area contributed by atoms with E-state index in [2.05, 4.69) is 10.3 Å². The Hall–Kier alpha value is -2.55. The van der Waals surface area contributed by atoms with Crippen molar-refractivity contribution in [2.45, 2.75) is 0 Å². The lowest BCUT2D eigenvalue weighted by atomic mass is 10.2. The van der Waals surface area contributed by atoms with Gasteiger partial charge in [0.2, 0.25) is 0 Å². The number of aromatic nitrogens is 1. The summed E-state index contributed by atoms with van der Waals surface area (Å²) in [5, 5.41) is 4.37. The molecule has 2 aromatic carbocycles. The minimum Gasteiger partial charge on any atom is -0.491 e. The molecule has 0 aliphatic rings. The average molecular weight is 264 g/mol. The molecule has 0 unspecified atom stereocenters.